The maximum absolute atomic E-state index is 13.4. The van der Waals surface area contributed by atoms with Crippen LogP contribution in [0.5, 0.6) is 0 Å². The summed E-state index contributed by atoms with van der Waals surface area (Å²) in [5.74, 6) is -0.499. The molecule has 13 heteroatoms. The predicted octanol–water partition coefficient (Wildman–Crippen LogP) is 0.914. The number of carbonyl (C=O) groups excluding carboxylic acids is 2. The van der Waals surface area contributed by atoms with Gasteiger partial charge in [0.2, 0.25) is 5.91 Å². The van der Waals surface area contributed by atoms with Crippen molar-refractivity contribution >= 4 is 29.0 Å². The van der Waals surface area contributed by atoms with Gasteiger partial charge < -0.3 is 35.4 Å². The van der Waals surface area contributed by atoms with Crippen molar-refractivity contribution in [1.82, 2.24) is 24.8 Å². The van der Waals surface area contributed by atoms with Gasteiger partial charge in [0.05, 0.1) is 12.9 Å². The Balaban J connectivity index is 1.34. The van der Waals surface area contributed by atoms with Crippen molar-refractivity contribution in [3.8, 4) is 0 Å². The van der Waals surface area contributed by atoms with Crippen molar-refractivity contribution < 1.29 is 34.4 Å². The van der Waals surface area contributed by atoms with E-state index in [0.29, 0.717) is 0 Å². The number of aliphatic hydroxyl groups is 3. The zero-order chi connectivity index (χ0) is 28.1. The Morgan fingerprint density at radius 1 is 0.975 bits per heavy atom. The van der Waals surface area contributed by atoms with Gasteiger partial charge in [0, 0.05) is 6.42 Å². The van der Waals surface area contributed by atoms with Crippen LogP contribution in [0.1, 0.15) is 17.4 Å². The van der Waals surface area contributed by atoms with Crippen molar-refractivity contribution in [1.29, 1.82) is 0 Å². The number of benzene rings is 2. The van der Waals surface area contributed by atoms with Crippen LogP contribution in [0.2, 0.25) is 0 Å². The number of nitrogens with zero attached hydrogens (tertiary/aromatic N) is 4. The summed E-state index contributed by atoms with van der Waals surface area (Å²) in [7, 11) is 0. The number of rotatable bonds is 9. The van der Waals surface area contributed by atoms with Gasteiger partial charge in [-0.3, -0.25) is 9.36 Å². The molecule has 5 N–H and O–H groups in total. The molecule has 2 amide bonds. The van der Waals surface area contributed by atoms with Crippen molar-refractivity contribution in [3.63, 3.8) is 0 Å². The predicted molar refractivity (Wildman–Crippen MR) is 141 cm³/mol. The number of carbonyl (C=O) groups is 2. The molecule has 0 aliphatic carbocycles. The largest absolute Gasteiger partial charge is 0.445 e. The summed E-state index contributed by atoms with van der Waals surface area (Å²) in [5.41, 5.74) is 2.02. The topological polar surface area (TPSA) is 181 Å². The lowest BCUT2D eigenvalue weighted by molar-refractivity contribution is -0.118. The maximum atomic E-state index is 13.4. The lowest BCUT2D eigenvalue weighted by Crippen LogP contribution is -2.45. The Hall–Kier alpha value is -4.43. The van der Waals surface area contributed by atoms with Gasteiger partial charge in [0.15, 0.2) is 23.2 Å². The number of hydrogen-bond acceptors (Lipinski definition) is 10. The fourth-order valence-electron chi connectivity index (χ4n) is 4.41. The number of alkyl carbamates (subject to hydrolysis) is 1. The molecule has 1 fully saturated rings. The molecule has 5 atom stereocenters. The number of ether oxygens (including phenoxy) is 2. The highest BCUT2D eigenvalue weighted by atomic mass is 16.6. The van der Waals surface area contributed by atoms with Crippen LogP contribution in [0, 0.1) is 0 Å². The van der Waals surface area contributed by atoms with Crippen molar-refractivity contribution in [3.05, 3.63) is 84.4 Å². The fraction of sp³-hybridized carbons (Fsp3) is 0.296. The Bertz CT molecular complexity index is 1450. The van der Waals surface area contributed by atoms with E-state index >= 15 is 0 Å². The molecule has 2 aromatic carbocycles. The van der Waals surface area contributed by atoms with E-state index in [9.17, 15) is 24.9 Å². The molecule has 40 heavy (non-hydrogen) atoms. The van der Waals surface area contributed by atoms with Gasteiger partial charge in [0.25, 0.3) is 0 Å². The average molecular weight is 549 g/mol. The first kappa shape index (κ1) is 27.1. The zero-order valence-electron chi connectivity index (χ0n) is 21.2. The number of fused-ring (bicyclic) bond motifs is 1. The van der Waals surface area contributed by atoms with E-state index in [0.717, 1.165) is 11.1 Å². The van der Waals surface area contributed by atoms with Crippen LogP contribution >= 0.6 is 0 Å². The second-order valence-corrected chi connectivity index (χ2v) is 9.21. The number of imidazole rings is 1. The van der Waals surface area contributed by atoms with Crippen LogP contribution in [-0.4, -0.2) is 77.8 Å². The molecular formula is C27H28N6O7. The lowest BCUT2D eigenvalue weighted by atomic mass is 10.1. The molecule has 13 nitrogen and oxygen atoms in total. The number of nitrogens with one attached hydrogen (secondary N) is 2. The van der Waals surface area contributed by atoms with Gasteiger partial charge in [-0.25, -0.2) is 19.7 Å². The average Bonchev–Trinajstić information content (AvgIpc) is 3.53. The molecule has 0 saturated carbocycles. The maximum Gasteiger partial charge on any atom is 0.408 e. The van der Waals surface area contributed by atoms with E-state index in [2.05, 4.69) is 25.6 Å². The highest BCUT2D eigenvalue weighted by Gasteiger charge is 2.44. The molecule has 5 rings (SSSR count). The minimum Gasteiger partial charge on any atom is -0.445 e. The van der Waals surface area contributed by atoms with E-state index in [-0.39, 0.29) is 30.0 Å². The van der Waals surface area contributed by atoms with Crippen LogP contribution < -0.4 is 10.6 Å². The fourth-order valence-corrected chi connectivity index (χ4v) is 4.41. The normalized spacial score (nSPS) is 21.2. The zero-order valence-corrected chi connectivity index (χ0v) is 21.2. The van der Waals surface area contributed by atoms with Gasteiger partial charge in [-0.2, -0.15) is 0 Å². The van der Waals surface area contributed by atoms with Crippen LogP contribution in [-0.2, 0) is 27.3 Å². The molecule has 2 aromatic heterocycles. The van der Waals surface area contributed by atoms with Gasteiger partial charge in [-0.1, -0.05) is 60.7 Å². The van der Waals surface area contributed by atoms with Gasteiger partial charge in [-0.05, 0) is 11.1 Å². The number of hydrogen-bond donors (Lipinski definition) is 5. The quantitative estimate of drug-likeness (QED) is 0.202. The number of amides is 2. The van der Waals surface area contributed by atoms with E-state index in [1.165, 1.54) is 17.2 Å². The van der Waals surface area contributed by atoms with Crippen molar-refractivity contribution in [2.75, 3.05) is 11.9 Å². The summed E-state index contributed by atoms with van der Waals surface area (Å²) < 4.78 is 12.3. The van der Waals surface area contributed by atoms with Gasteiger partial charge >= 0.3 is 6.09 Å². The molecule has 0 radical (unpaired) electrons. The number of aliphatic hydroxyl groups excluding tert-OH is 3. The first-order valence-corrected chi connectivity index (χ1v) is 12.6. The van der Waals surface area contributed by atoms with E-state index < -0.39 is 49.2 Å². The first-order chi connectivity index (χ1) is 19.4. The van der Waals surface area contributed by atoms with E-state index in [1.54, 1.807) is 0 Å². The minimum absolute atomic E-state index is 0.0389. The smallest absolute Gasteiger partial charge is 0.408 e. The summed E-state index contributed by atoms with van der Waals surface area (Å²) in [4.78, 5) is 38.6. The third kappa shape index (κ3) is 5.92. The summed E-state index contributed by atoms with van der Waals surface area (Å²) >= 11 is 0. The first-order valence-electron chi connectivity index (χ1n) is 12.6. The van der Waals surface area contributed by atoms with E-state index in [4.69, 9.17) is 9.47 Å². The van der Waals surface area contributed by atoms with E-state index in [1.807, 2.05) is 60.7 Å². The molecule has 1 aliphatic heterocycles. The Morgan fingerprint density at radius 3 is 2.35 bits per heavy atom. The molecule has 4 aromatic rings. The third-order valence-corrected chi connectivity index (χ3v) is 6.50. The molecule has 208 valence electrons. The second-order valence-electron chi connectivity index (χ2n) is 9.21. The number of anilines is 1. The lowest BCUT2D eigenvalue weighted by Gasteiger charge is -2.19. The Labute approximate surface area is 228 Å². The van der Waals surface area contributed by atoms with Crippen molar-refractivity contribution in [2.45, 2.75) is 43.6 Å². The third-order valence-electron chi connectivity index (χ3n) is 6.50. The SMILES string of the molecule is O=C(NC(Cc1ccccc1)C(=O)Nc1ncnc2c1ncn2C1OC(CO)C(O)C1O)OCc1ccccc1. The Morgan fingerprint density at radius 2 is 1.68 bits per heavy atom. The molecule has 3 heterocycles. The monoisotopic (exact) mass is 548 g/mol. The minimum atomic E-state index is -1.34. The second kappa shape index (κ2) is 12.2. The van der Waals surface area contributed by atoms with Crippen molar-refractivity contribution in [2.24, 2.45) is 0 Å². The standard InChI is InChI=1S/C27H28N6O7/c34-12-19-21(35)22(36)26(40-19)33-15-30-20-23(28-14-29-24(20)33)32-25(37)18(11-16-7-3-1-4-8-16)31-27(38)39-13-17-9-5-2-6-10-17/h1-10,14-15,18-19,21-22,26,34-36H,11-13H2,(H,31,38)(H,28,29,32,37). The summed E-state index contributed by atoms with van der Waals surface area (Å²) in [6.45, 7) is -0.446. The number of aromatic nitrogens is 4. The molecule has 5 unspecified atom stereocenters. The van der Waals surface area contributed by atoms with Gasteiger partial charge in [-0.15, -0.1) is 0 Å². The van der Waals surface area contributed by atoms with Crippen LogP contribution in [0.15, 0.2) is 73.3 Å². The van der Waals surface area contributed by atoms with Crippen LogP contribution in [0.3, 0.4) is 0 Å². The summed E-state index contributed by atoms with van der Waals surface area (Å²) in [6, 6.07) is 17.3. The highest BCUT2D eigenvalue weighted by Crippen LogP contribution is 2.32. The molecule has 1 saturated heterocycles. The molecule has 1 aliphatic rings. The van der Waals surface area contributed by atoms with Crippen LogP contribution in [0.4, 0.5) is 10.6 Å². The summed E-state index contributed by atoms with van der Waals surface area (Å²) in [6.07, 6.45) is -2.75. The van der Waals surface area contributed by atoms with Gasteiger partial charge in [0.1, 0.15) is 37.3 Å². The molecular weight excluding hydrogens is 520 g/mol. The highest BCUT2D eigenvalue weighted by molar-refractivity contribution is 6.00. The molecule has 0 bridgehead atoms. The molecule has 0 spiro atoms. The summed E-state index contributed by atoms with van der Waals surface area (Å²) in [5, 5.41) is 35.3. The Kier molecular flexibility index (Phi) is 8.26. The van der Waals surface area contributed by atoms with Crippen LogP contribution in [0.25, 0.3) is 11.2 Å².